The van der Waals surface area contributed by atoms with Crippen molar-refractivity contribution >= 4 is 32.7 Å². The Kier molecular flexibility index (Phi) is 2.45. The summed E-state index contributed by atoms with van der Waals surface area (Å²) in [6, 6.07) is 22.8. The minimum atomic E-state index is 0.768. The first kappa shape index (κ1) is 12.5. The molecule has 0 saturated carbocycles. The lowest BCUT2D eigenvalue weighted by molar-refractivity contribution is 0.569. The van der Waals surface area contributed by atoms with Gasteiger partial charge in [-0.2, -0.15) is 0 Å². The van der Waals surface area contributed by atoms with Gasteiger partial charge in [0.25, 0.3) is 0 Å². The van der Waals surface area contributed by atoms with Gasteiger partial charge in [0.2, 0.25) is 0 Å². The Morgan fingerprint density at radius 3 is 2.00 bits per heavy atom. The molecule has 0 radical (unpaired) electrons. The highest BCUT2D eigenvalue weighted by molar-refractivity contribution is 5.97. The quantitative estimate of drug-likeness (QED) is 0.362. The van der Waals surface area contributed by atoms with Crippen molar-refractivity contribution in [2.45, 2.75) is 6.92 Å². The highest BCUT2D eigenvalue weighted by Gasteiger charge is 2.12. The Morgan fingerprint density at radius 1 is 0.565 bits per heavy atom. The Labute approximate surface area is 132 Å². The second-order valence-corrected chi connectivity index (χ2v) is 6.00. The Morgan fingerprint density at radius 2 is 1.22 bits per heavy atom. The average molecular weight is 298 g/mol. The van der Waals surface area contributed by atoms with Crippen molar-refractivity contribution in [2.75, 3.05) is 0 Å². The van der Waals surface area contributed by atoms with Crippen molar-refractivity contribution < 1.29 is 8.83 Å². The van der Waals surface area contributed by atoms with Gasteiger partial charge in [-0.1, -0.05) is 35.9 Å². The minimum Gasteiger partial charge on any atom is -0.453 e. The second kappa shape index (κ2) is 4.50. The molecule has 2 heteroatoms. The van der Waals surface area contributed by atoms with Gasteiger partial charge in [0, 0.05) is 10.8 Å². The monoisotopic (exact) mass is 298 g/mol. The molecule has 2 nitrogen and oxygen atoms in total. The molecule has 0 fully saturated rings. The molecule has 0 saturated heterocycles. The first-order valence-electron chi connectivity index (χ1n) is 7.69. The highest BCUT2D eigenvalue weighted by Crippen LogP contribution is 2.34. The van der Waals surface area contributed by atoms with Gasteiger partial charge in [0.05, 0.1) is 0 Å². The molecule has 0 unspecified atom stereocenters. The van der Waals surface area contributed by atoms with E-state index in [9.17, 15) is 0 Å². The number of furan rings is 2. The fraction of sp³-hybridized carbons (Fsp3) is 0.0476. The van der Waals surface area contributed by atoms with Crippen molar-refractivity contribution in [3.8, 4) is 11.5 Å². The summed E-state index contributed by atoms with van der Waals surface area (Å²) >= 11 is 0. The molecule has 110 valence electrons. The Bertz CT molecular complexity index is 1120. The van der Waals surface area contributed by atoms with Crippen LogP contribution < -0.4 is 0 Å². The van der Waals surface area contributed by atoms with E-state index in [1.807, 2.05) is 24.3 Å². The van der Waals surface area contributed by atoms with Crippen molar-refractivity contribution in [1.82, 2.24) is 0 Å². The topological polar surface area (TPSA) is 26.3 Å². The van der Waals surface area contributed by atoms with Crippen molar-refractivity contribution in [3.63, 3.8) is 0 Å². The number of aryl methyl sites for hydroxylation is 1. The van der Waals surface area contributed by atoms with Crippen LogP contribution in [0.2, 0.25) is 0 Å². The van der Waals surface area contributed by atoms with E-state index >= 15 is 0 Å². The summed E-state index contributed by atoms with van der Waals surface area (Å²) in [6.07, 6.45) is 0. The van der Waals surface area contributed by atoms with Gasteiger partial charge >= 0.3 is 0 Å². The first-order valence-corrected chi connectivity index (χ1v) is 7.69. The molecule has 2 aromatic heterocycles. The van der Waals surface area contributed by atoms with Gasteiger partial charge in [-0.15, -0.1) is 0 Å². The molecule has 0 aliphatic heterocycles. The molecule has 0 spiro atoms. The number of fused-ring (bicyclic) bond motifs is 3. The summed E-state index contributed by atoms with van der Waals surface area (Å²) in [6.45, 7) is 2.08. The van der Waals surface area contributed by atoms with Gasteiger partial charge in [-0.3, -0.25) is 0 Å². The molecule has 0 amide bonds. The summed E-state index contributed by atoms with van der Waals surface area (Å²) in [7, 11) is 0. The second-order valence-electron chi connectivity index (χ2n) is 6.00. The molecule has 0 aliphatic carbocycles. The van der Waals surface area contributed by atoms with E-state index in [1.54, 1.807) is 0 Å². The molecule has 23 heavy (non-hydrogen) atoms. The molecule has 0 bridgehead atoms. The van der Waals surface area contributed by atoms with Crippen LogP contribution in [0.5, 0.6) is 0 Å². The highest BCUT2D eigenvalue weighted by atomic mass is 16.4. The average Bonchev–Trinajstić information content (AvgIpc) is 3.15. The minimum absolute atomic E-state index is 0.768. The molecule has 3 aromatic carbocycles. The maximum atomic E-state index is 6.03. The van der Waals surface area contributed by atoms with E-state index in [2.05, 4.69) is 49.4 Å². The molecular formula is C21H14O2. The number of benzene rings is 3. The van der Waals surface area contributed by atoms with Crippen molar-refractivity contribution in [3.05, 3.63) is 72.3 Å². The molecule has 0 atom stereocenters. The summed E-state index contributed by atoms with van der Waals surface area (Å²) < 4.78 is 12.0. The van der Waals surface area contributed by atoms with E-state index in [-0.39, 0.29) is 0 Å². The van der Waals surface area contributed by atoms with E-state index in [0.29, 0.717) is 0 Å². The standard InChI is InChI=1S/C21H14O2/c1-13-6-7-18-16(8-13)11-20(22-18)21-12-17-9-14-4-2-3-5-15(14)10-19(17)23-21/h2-12H,1H3. The Balaban J connectivity index is 1.73. The third-order valence-electron chi connectivity index (χ3n) is 4.30. The van der Waals surface area contributed by atoms with Crippen LogP contribution in [0, 0.1) is 6.92 Å². The third-order valence-corrected chi connectivity index (χ3v) is 4.30. The third kappa shape index (κ3) is 1.95. The van der Waals surface area contributed by atoms with Crippen LogP contribution in [0.15, 0.2) is 75.6 Å². The van der Waals surface area contributed by atoms with Gasteiger partial charge < -0.3 is 8.83 Å². The van der Waals surface area contributed by atoms with Crippen molar-refractivity contribution in [2.24, 2.45) is 0 Å². The predicted octanol–water partition coefficient (Wildman–Crippen LogP) is 6.31. The fourth-order valence-electron chi connectivity index (χ4n) is 3.13. The van der Waals surface area contributed by atoms with Crippen molar-refractivity contribution in [1.29, 1.82) is 0 Å². The lowest BCUT2D eigenvalue weighted by Gasteiger charge is -1.95. The van der Waals surface area contributed by atoms with Crippen LogP contribution in [0.25, 0.3) is 44.2 Å². The SMILES string of the molecule is Cc1ccc2oc(-c3cc4cc5ccccc5cc4o3)cc2c1. The maximum Gasteiger partial charge on any atom is 0.170 e. The molecule has 2 heterocycles. The van der Waals surface area contributed by atoms with Gasteiger partial charge in [0.1, 0.15) is 11.2 Å². The van der Waals surface area contributed by atoms with E-state index in [4.69, 9.17) is 8.83 Å². The normalized spacial score (nSPS) is 11.7. The fourth-order valence-corrected chi connectivity index (χ4v) is 3.13. The summed E-state index contributed by atoms with van der Waals surface area (Å²) in [5.41, 5.74) is 2.99. The first-order chi connectivity index (χ1) is 11.3. The number of rotatable bonds is 1. The zero-order valence-electron chi connectivity index (χ0n) is 12.7. The summed E-state index contributed by atoms with van der Waals surface area (Å²) in [4.78, 5) is 0. The lowest BCUT2D eigenvalue weighted by Crippen LogP contribution is -1.70. The Hall–Kier alpha value is -3.00. The van der Waals surface area contributed by atoms with Crippen LogP contribution in [0.4, 0.5) is 0 Å². The summed E-state index contributed by atoms with van der Waals surface area (Å²) in [5, 5.41) is 4.59. The zero-order valence-corrected chi connectivity index (χ0v) is 12.7. The lowest BCUT2D eigenvalue weighted by atomic mass is 10.1. The van der Waals surface area contributed by atoms with Crippen LogP contribution in [0.1, 0.15) is 5.56 Å². The maximum absolute atomic E-state index is 6.03. The molecular weight excluding hydrogens is 284 g/mol. The largest absolute Gasteiger partial charge is 0.453 e. The van der Waals surface area contributed by atoms with Crippen LogP contribution >= 0.6 is 0 Å². The van der Waals surface area contributed by atoms with Gasteiger partial charge in [-0.05, 0) is 54.1 Å². The van der Waals surface area contributed by atoms with Crippen LogP contribution in [-0.4, -0.2) is 0 Å². The molecule has 5 rings (SSSR count). The molecule has 0 aliphatic rings. The van der Waals surface area contributed by atoms with Gasteiger partial charge in [-0.25, -0.2) is 0 Å². The van der Waals surface area contributed by atoms with E-state index < -0.39 is 0 Å². The summed E-state index contributed by atoms with van der Waals surface area (Å²) in [5.74, 6) is 1.54. The van der Waals surface area contributed by atoms with Crippen LogP contribution in [0.3, 0.4) is 0 Å². The molecule has 0 N–H and O–H groups in total. The zero-order chi connectivity index (χ0) is 15.4. The smallest absolute Gasteiger partial charge is 0.170 e. The predicted molar refractivity (Wildman–Crippen MR) is 93.7 cm³/mol. The van der Waals surface area contributed by atoms with Gasteiger partial charge in [0.15, 0.2) is 11.5 Å². The van der Waals surface area contributed by atoms with E-state index in [1.165, 1.54) is 16.3 Å². The van der Waals surface area contributed by atoms with Crippen LogP contribution in [-0.2, 0) is 0 Å². The molecule has 5 aromatic rings. The number of hydrogen-bond donors (Lipinski definition) is 0. The number of hydrogen-bond acceptors (Lipinski definition) is 2. The van der Waals surface area contributed by atoms with E-state index in [0.717, 1.165) is 33.5 Å².